The van der Waals surface area contributed by atoms with Gasteiger partial charge in [-0.15, -0.1) is 0 Å². The lowest BCUT2D eigenvalue weighted by Gasteiger charge is -2.23. The van der Waals surface area contributed by atoms with Crippen LogP contribution < -0.4 is 5.19 Å². The van der Waals surface area contributed by atoms with Crippen molar-refractivity contribution in [3.8, 4) is 0 Å². The Kier molecular flexibility index (Phi) is 14.8. The Balaban J connectivity index is 0.000000508. The molecule has 1 aromatic rings. The molecule has 0 bridgehead atoms. The summed E-state index contributed by atoms with van der Waals surface area (Å²) in [5, 5.41) is 1.18. The predicted molar refractivity (Wildman–Crippen MR) is 113 cm³/mol. The summed E-state index contributed by atoms with van der Waals surface area (Å²) >= 11 is 0. The van der Waals surface area contributed by atoms with Crippen LogP contribution in [-0.2, 0) is 22.1 Å². The third kappa shape index (κ3) is 9.77. The molecule has 0 N–H and O–H groups in total. The molecule has 0 aliphatic heterocycles. The van der Waals surface area contributed by atoms with E-state index in [1.54, 1.807) is 0 Å². The van der Waals surface area contributed by atoms with Gasteiger partial charge in [0.1, 0.15) is 0 Å². The fourth-order valence-corrected chi connectivity index (χ4v) is 5.99. The van der Waals surface area contributed by atoms with Gasteiger partial charge in [0, 0.05) is 39.6 Å². The molecule has 0 spiro atoms. The zero-order valence-corrected chi connectivity index (χ0v) is 19.4. The quantitative estimate of drug-likeness (QED) is 0.503. The minimum atomic E-state index is -2.25. The van der Waals surface area contributed by atoms with E-state index in [1.165, 1.54) is 5.19 Å². The van der Waals surface area contributed by atoms with E-state index in [1.807, 2.05) is 65.4 Å². The Labute approximate surface area is 162 Å². The lowest BCUT2D eigenvalue weighted by Crippen LogP contribution is -2.42. The first-order valence-electron chi connectivity index (χ1n) is 9.38. The number of benzene rings is 1. The van der Waals surface area contributed by atoms with Gasteiger partial charge in [-0.2, -0.15) is 0 Å². The molecular formula is C19H36O5Si2. The molecule has 0 fully saturated rings. The Morgan fingerprint density at radius 3 is 1.69 bits per heavy atom. The Bertz CT molecular complexity index is 462. The molecule has 0 aliphatic rings. The van der Waals surface area contributed by atoms with Crippen LogP contribution in [0.15, 0.2) is 30.8 Å². The van der Waals surface area contributed by atoms with Crippen molar-refractivity contribution in [2.45, 2.75) is 41.2 Å². The van der Waals surface area contributed by atoms with E-state index < -0.39 is 18.1 Å². The summed E-state index contributed by atoms with van der Waals surface area (Å²) in [5.74, 6) is 0. The second kappa shape index (κ2) is 15.3. The first-order valence-corrected chi connectivity index (χ1v) is 13.1. The first-order chi connectivity index (χ1) is 12.5. The van der Waals surface area contributed by atoms with Gasteiger partial charge in [0.15, 0.2) is 0 Å². The summed E-state index contributed by atoms with van der Waals surface area (Å²) in [4.78, 5) is 0. The summed E-state index contributed by atoms with van der Waals surface area (Å²) in [5.41, 5.74) is 1.12. The van der Waals surface area contributed by atoms with E-state index in [2.05, 4.69) is 12.6 Å². The molecule has 0 amide bonds. The molecule has 1 aromatic carbocycles. The van der Waals surface area contributed by atoms with Gasteiger partial charge in [-0.3, -0.25) is 0 Å². The van der Waals surface area contributed by atoms with Gasteiger partial charge in [-0.25, -0.2) is 0 Å². The van der Waals surface area contributed by atoms with Crippen LogP contribution in [0, 0.1) is 0 Å². The maximum absolute atomic E-state index is 5.68. The van der Waals surface area contributed by atoms with Crippen LogP contribution in [0.3, 0.4) is 0 Å². The normalized spacial score (nSPS) is 11.2. The molecular weight excluding hydrogens is 364 g/mol. The third-order valence-corrected chi connectivity index (χ3v) is 8.07. The monoisotopic (exact) mass is 400 g/mol. The number of hydrogen-bond donors (Lipinski definition) is 0. The van der Waals surface area contributed by atoms with E-state index in [0.29, 0.717) is 33.0 Å². The van der Waals surface area contributed by atoms with E-state index in [9.17, 15) is 0 Å². The van der Waals surface area contributed by atoms with Gasteiger partial charge >= 0.3 is 18.1 Å². The zero-order chi connectivity index (χ0) is 19.8. The van der Waals surface area contributed by atoms with Gasteiger partial charge in [-0.1, -0.05) is 36.9 Å². The molecule has 0 aromatic heterocycles. The molecule has 0 radical (unpaired) electrons. The highest BCUT2D eigenvalue weighted by Crippen LogP contribution is 2.08. The van der Waals surface area contributed by atoms with Crippen molar-refractivity contribution in [1.29, 1.82) is 0 Å². The highest BCUT2D eigenvalue weighted by Gasteiger charge is 2.32. The van der Waals surface area contributed by atoms with Crippen LogP contribution in [0.25, 0.3) is 6.08 Å². The summed E-state index contributed by atoms with van der Waals surface area (Å²) < 4.78 is 27.6. The predicted octanol–water partition coefficient (Wildman–Crippen LogP) is 3.49. The molecule has 0 unspecified atom stereocenters. The van der Waals surface area contributed by atoms with E-state index in [-0.39, 0.29) is 0 Å². The maximum atomic E-state index is 5.68. The average Bonchev–Trinajstić information content (AvgIpc) is 2.62. The molecule has 150 valence electrons. The van der Waals surface area contributed by atoms with Crippen molar-refractivity contribution in [1.82, 2.24) is 0 Å². The smallest absolute Gasteiger partial charge is 0.394 e. The minimum absolute atomic E-state index is 0.655. The molecule has 1 rings (SSSR count). The van der Waals surface area contributed by atoms with Gasteiger partial charge in [-0.05, 0) is 45.4 Å². The molecule has 7 heteroatoms. The van der Waals surface area contributed by atoms with E-state index >= 15 is 0 Å². The number of hydrogen-bond acceptors (Lipinski definition) is 5. The fourth-order valence-electron chi connectivity index (χ4n) is 2.35. The number of rotatable bonds is 12. The molecule has 0 heterocycles. The maximum Gasteiger partial charge on any atom is 0.497 e. The summed E-state index contributed by atoms with van der Waals surface area (Å²) in [6, 6.07) is 8.13. The van der Waals surface area contributed by atoms with E-state index in [0.717, 1.165) is 5.56 Å². The molecule has 0 saturated heterocycles. The third-order valence-electron chi connectivity index (χ3n) is 3.33. The lowest BCUT2D eigenvalue weighted by atomic mass is 10.2. The van der Waals surface area contributed by atoms with Gasteiger partial charge in [0.25, 0.3) is 0 Å². The van der Waals surface area contributed by atoms with Gasteiger partial charge < -0.3 is 22.1 Å². The van der Waals surface area contributed by atoms with Crippen LogP contribution in [0.2, 0.25) is 6.55 Å². The topological polar surface area (TPSA) is 46.2 Å². The molecule has 0 atom stereocenters. The van der Waals surface area contributed by atoms with Crippen LogP contribution in [0.4, 0.5) is 0 Å². The van der Waals surface area contributed by atoms with Crippen LogP contribution in [-0.4, -0.2) is 51.1 Å². The van der Waals surface area contributed by atoms with Crippen LogP contribution in [0.1, 0.15) is 40.2 Å². The minimum Gasteiger partial charge on any atom is -0.394 e. The standard InChI is InChI=1S/C12H18O2Si.C7H18O3Si/c1-4-11-9-7-8-10-12(11)15(13-5-2)14-6-3;1-5-8-11(4,9-6-2)10-7-3/h4,7-10,15H,1,5-6H2,2-3H3;5-7H2,1-4H3. The largest absolute Gasteiger partial charge is 0.497 e. The van der Waals surface area contributed by atoms with Crippen molar-refractivity contribution >= 4 is 29.4 Å². The van der Waals surface area contributed by atoms with Crippen molar-refractivity contribution in [2.24, 2.45) is 0 Å². The Morgan fingerprint density at radius 2 is 1.31 bits per heavy atom. The fraction of sp³-hybridized carbons (Fsp3) is 0.579. The van der Waals surface area contributed by atoms with Crippen molar-refractivity contribution in [2.75, 3.05) is 33.0 Å². The Hall–Kier alpha value is -0.806. The molecule has 0 aliphatic carbocycles. The molecule has 5 nitrogen and oxygen atoms in total. The van der Waals surface area contributed by atoms with Gasteiger partial charge in [0.2, 0.25) is 0 Å². The lowest BCUT2D eigenvalue weighted by molar-refractivity contribution is 0.0783. The van der Waals surface area contributed by atoms with E-state index in [4.69, 9.17) is 22.1 Å². The molecule has 26 heavy (non-hydrogen) atoms. The van der Waals surface area contributed by atoms with Crippen LogP contribution >= 0.6 is 0 Å². The van der Waals surface area contributed by atoms with Crippen LogP contribution in [0.5, 0.6) is 0 Å². The highest BCUT2D eigenvalue weighted by molar-refractivity contribution is 6.62. The average molecular weight is 401 g/mol. The summed E-state index contributed by atoms with van der Waals surface area (Å²) in [7, 11) is -3.97. The summed E-state index contributed by atoms with van der Waals surface area (Å²) in [6.07, 6.45) is 1.85. The van der Waals surface area contributed by atoms with Crippen molar-refractivity contribution < 1.29 is 22.1 Å². The van der Waals surface area contributed by atoms with Crippen molar-refractivity contribution in [3.05, 3.63) is 36.4 Å². The highest BCUT2D eigenvalue weighted by atomic mass is 28.4. The zero-order valence-electron chi connectivity index (χ0n) is 17.2. The van der Waals surface area contributed by atoms with Gasteiger partial charge in [0.05, 0.1) is 0 Å². The first kappa shape index (κ1) is 25.2. The molecule has 0 saturated carbocycles. The SMILES string of the molecule is C=Cc1ccccc1[SiH](OCC)OCC.CCO[Si](C)(OCC)OCC. The Morgan fingerprint density at radius 1 is 0.846 bits per heavy atom. The summed E-state index contributed by atoms with van der Waals surface area (Å²) in [6.45, 7) is 18.9. The second-order valence-electron chi connectivity index (χ2n) is 5.24. The second-order valence-corrected chi connectivity index (χ2v) is 9.78. The van der Waals surface area contributed by atoms with Crippen molar-refractivity contribution in [3.63, 3.8) is 0 Å².